The second-order valence-electron chi connectivity index (χ2n) is 10.6. The number of rotatable bonds is 4. The average molecular weight is 566 g/mol. The maximum atomic E-state index is 9.27. The second kappa shape index (κ2) is 11.4. The Labute approximate surface area is 257 Å². The Kier molecular flexibility index (Phi) is 7.02. The van der Waals surface area contributed by atoms with E-state index in [1.54, 1.807) is 0 Å². The summed E-state index contributed by atoms with van der Waals surface area (Å²) in [7, 11) is 0. The van der Waals surface area contributed by atoms with Crippen molar-refractivity contribution in [1.82, 2.24) is 9.13 Å². The Bertz CT molecular complexity index is 2280. The fourth-order valence-electron chi connectivity index (χ4n) is 6.18. The van der Waals surface area contributed by atoms with Gasteiger partial charge < -0.3 is 9.13 Å². The van der Waals surface area contributed by atoms with Crippen molar-refractivity contribution in [1.29, 1.82) is 5.26 Å². The lowest BCUT2D eigenvalue weighted by Gasteiger charge is -2.12. The normalized spacial score (nSPS) is 10.9. The van der Waals surface area contributed by atoms with Crippen molar-refractivity contribution in [2.45, 2.75) is 13.8 Å². The topological polar surface area (TPSA) is 33.6 Å². The summed E-state index contributed by atoms with van der Waals surface area (Å²) in [5.74, 6) is 0. The van der Waals surface area contributed by atoms with Crippen LogP contribution in [0, 0.1) is 11.3 Å². The van der Waals surface area contributed by atoms with Crippen LogP contribution in [0.25, 0.3) is 66.3 Å². The predicted molar refractivity (Wildman–Crippen MR) is 185 cm³/mol. The lowest BCUT2D eigenvalue weighted by Crippen LogP contribution is -1.95. The molecule has 8 rings (SSSR count). The third kappa shape index (κ3) is 4.54. The van der Waals surface area contributed by atoms with Gasteiger partial charge in [-0.05, 0) is 82.9 Å². The molecule has 0 amide bonds. The number of nitriles is 1. The summed E-state index contributed by atoms with van der Waals surface area (Å²) in [6.07, 6.45) is 2.17. The number of hydrogen-bond donors (Lipinski definition) is 0. The van der Waals surface area contributed by atoms with Gasteiger partial charge in [0.05, 0.1) is 28.2 Å². The van der Waals surface area contributed by atoms with Gasteiger partial charge >= 0.3 is 0 Å². The van der Waals surface area contributed by atoms with E-state index in [0.717, 1.165) is 22.5 Å². The van der Waals surface area contributed by atoms with Crippen LogP contribution in [0.3, 0.4) is 0 Å². The van der Waals surface area contributed by atoms with E-state index in [0.29, 0.717) is 5.56 Å². The van der Waals surface area contributed by atoms with E-state index in [2.05, 4.69) is 143 Å². The van der Waals surface area contributed by atoms with Gasteiger partial charge in [-0.15, -0.1) is 0 Å². The first-order valence-corrected chi connectivity index (χ1v) is 15.1. The number of para-hydroxylation sites is 1. The molecule has 0 saturated heterocycles. The molecule has 0 unspecified atom stereocenters. The lowest BCUT2D eigenvalue weighted by atomic mass is 10.0. The Morgan fingerprint density at radius 2 is 1.09 bits per heavy atom. The van der Waals surface area contributed by atoms with Crippen LogP contribution in [0.1, 0.15) is 19.4 Å². The van der Waals surface area contributed by atoms with Crippen LogP contribution in [0.4, 0.5) is 0 Å². The van der Waals surface area contributed by atoms with E-state index in [1.165, 1.54) is 43.8 Å². The minimum absolute atomic E-state index is 0.664. The van der Waals surface area contributed by atoms with Gasteiger partial charge in [-0.3, -0.25) is 0 Å². The molecule has 3 nitrogen and oxygen atoms in total. The number of aromatic nitrogens is 2. The van der Waals surface area contributed by atoms with Gasteiger partial charge in [0.15, 0.2) is 0 Å². The summed E-state index contributed by atoms with van der Waals surface area (Å²) in [4.78, 5) is 0. The molecule has 210 valence electrons. The molecule has 0 aliphatic carbocycles. The van der Waals surface area contributed by atoms with E-state index in [9.17, 15) is 5.26 Å². The van der Waals surface area contributed by atoms with Gasteiger partial charge in [0.2, 0.25) is 0 Å². The standard InChI is InChI=1S/C39H25N3.C2H6/c40-26-27-14-16-29(17-15-27)30-10-7-13-33(24-30)42-38-20-18-31(28-8-3-1-4-9-28)25-36(38)34-19-21-37-35(39(34)42)22-23-41(37)32-11-5-2-6-12-32;1-2/h1-25H;1-2H3. The summed E-state index contributed by atoms with van der Waals surface area (Å²) in [6, 6.07) is 53.3. The molecular weight excluding hydrogens is 534 g/mol. The first-order valence-electron chi connectivity index (χ1n) is 15.1. The number of benzene rings is 6. The van der Waals surface area contributed by atoms with E-state index in [1.807, 2.05) is 38.1 Å². The van der Waals surface area contributed by atoms with Crippen LogP contribution in [0.15, 0.2) is 152 Å². The second-order valence-corrected chi connectivity index (χ2v) is 10.6. The third-order valence-electron chi connectivity index (χ3n) is 8.19. The first kappa shape index (κ1) is 27.0. The van der Waals surface area contributed by atoms with Crippen LogP contribution in [-0.2, 0) is 0 Å². The molecule has 0 radical (unpaired) electrons. The van der Waals surface area contributed by atoms with Crippen molar-refractivity contribution in [3.8, 4) is 39.7 Å². The van der Waals surface area contributed by atoms with E-state index >= 15 is 0 Å². The summed E-state index contributed by atoms with van der Waals surface area (Å²) in [5.41, 5.74) is 11.1. The Morgan fingerprint density at radius 1 is 0.477 bits per heavy atom. The zero-order chi connectivity index (χ0) is 30.0. The maximum absolute atomic E-state index is 9.27. The third-order valence-corrected chi connectivity index (χ3v) is 8.19. The lowest BCUT2D eigenvalue weighted by molar-refractivity contribution is 1.13. The van der Waals surface area contributed by atoms with Crippen LogP contribution in [0.5, 0.6) is 0 Å². The zero-order valence-electron chi connectivity index (χ0n) is 24.8. The van der Waals surface area contributed by atoms with Crippen LogP contribution in [0.2, 0.25) is 0 Å². The fourth-order valence-corrected chi connectivity index (χ4v) is 6.18. The van der Waals surface area contributed by atoms with Gasteiger partial charge in [0.1, 0.15) is 0 Å². The highest BCUT2D eigenvalue weighted by Crippen LogP contribution is 2.39. The van der Waals surface area contributed by atoms with Crippen molar-refractivity contribution in [2.24, 2.45) is 0 Å². The molecule has 3 heteroatoms. The molecule has 2 heterocycles. The van der Waals surface area contributed by atoms with Gasteiger partial charge in [0.25, 0.3) is 0 Å². The molecule has 6 aromatic carbocycles. The van der Waals surface area contributed by atoms with E-state index in [4.69, 9.17) is 0 Å². The Hall–Kier alpha value is -5.85. The van der Waals surface area contributed by atoms with Crippen molar-refractivity contribution >= 4 is 32.7 Å². The molecule has 8 aromatic rings. The quantitative estimate of drug-likeness (QED) is 0.209. The van der Waals surface area contributed by atoms with Crippen molar-refractivity contribution in [2.75, 3.05) is 0 Å². The highest BCUT2D eigenvalue weighted by Gasteiger charge is 2.18. The molecule has 2 aromatic heterocycles. The molecule has 0 spiro atoms. The van der Waals surface area contributed by atoms with Crippen LogP contribution < -0.4 is 0 Å². The molecule has 0 atom stereocenters. The minimum atomic E-state index is 0.664. The molecule has 0 bridgehead atoms. The summed E-state index contributed by atoms with van der Waals surface area (Å²) >= 11 is 0. The minimum Gasteiger partial charge on any atom is -0.316 e. The van der Waals surface area contributed by atoms with Crippen molar-refractivity contribution in [3.63, 3.8) is 0 Å². The fraction of sp³-hybridized carbons (Fsp3) is 0.0488. The summed E-state index contributed by atoms with van der Waals surface area (Å²) in [5, 5.41) is 12.9. The summed E-state index contributed by atoms with van der Waals surface area (Å²) < 4.78 is 4.67. The van der Waals surface area contributed by atoms with Gasteiger partial charge in [-0.1, -0.05) is 98.8 Å². The molecule has 44 heavy (non-hydrogen) atoms. The number of fused-ring (bicyclic) bond motifs is 5. The van der Waals surface area contributed by atoms with Crippen molar-refractivity contribution < 1.29 is 0 Å². The monoisotopic (exact) mass is 565 g/mol. The number of hydrogen-bond acceptors (Lipinski definition) is 1. The van der Waals surface area contributed by atoms with Gasteiger partial charge in [-0.2, -0.15) is 5.26 Å². The zero-order valence-corrected chi connectivity index (χ0v) is 24.8. The van der Waals surface area contributed by atoms with E-state index < -0.39 is 0 Å². The smallest absolute Gasteiger partial charge is 0.0991 e. The molecule has 0 N–H and O–H groups in total. The largest absolute Gasteiger partial charge is 0.316 e. The van der Waals surface area contributed by atoms with Crippen LogP contribution >= 0.6 is 0 Å². The van der Waals surface area contributed by atoms with Gasteiger partial charge in [0, 0.05) is 33.7 Å². The van der Waals surface area contributed by atoms with Crippen LogP contribution in [-0.4, -0.2) is 9.13 Å². The SMILES string of the molecule is CC.N#Cc1ccc(-c2cccc(-n3c4ccc(-c5ccccc5)cc4c4ccc5c(ccn5-c5ccccc5)c43)c2)cc1. The average Bonchev–Trinajstić information content (AvgIpc) is 3.69. The van der Waals surface area contributed by atoms with Crippen molar-refractivity contribution in [3.05, 3.63) is 157 Å². The predicted octanol–water partition coefficient (Wildman–Crippen LogP) is 11.0. The first-order chi connectivity index (χ1) is 21.8. The Morgan fingerprint density at radius 3 is 1.84 bits per heavy atom. The molecular formula is C41H31N3. The highest BCUT2D eigenvalue weighted by molar-refractivity contribution is 6.19. The molecule has 0 aliphatic rings. The summed E-state index contributed by atoms with van der Waals surface area (Å²) in [6.45, 7) is 4.00. The Balaban J connectivity index is 0.00000153. The molecule has 0 saturated carbocycles. The molecule has 0 fully saturated rings. The van der Waals surface area contributed by atoms with E-state index in [-0.39, 0.29) is 0 Å². The molecule has 0 aliphatic heterocycles. The number of nitrogens with zero attached hydrogens (tertiary/aromatic N) is 3. The van der Waals surface area contributed by atoms with Gasteiger partial charge in [-0.25, -0.2) is 0 Å². The highest BCUT2D eigenvalue weighted by atomic mass is 15.0. The maximum Gasteiger partial charge on any atom is 0.0991 e.